The van der Waals surface area contributed by atoms with E-state index in [1.165, 1.54) is 0 Å². The van der Waals surface area contributed by atoms with E-state index in [0.29, 0.717) is 29.9 Å². The van der Waals surface area contributed by atoms with Gasteiger partial charge >= 0.3 is 0 Å². The number of methoxy groups -OCH3 is 1. The van der Waals surface area contributed by atoms with Gasteiger partial charge in [-0.15, -0.1) is 10.2 Å². The predicted octanol–water partition coefficient (Wildman–Crippen LogP) is 2.03. The largest absolute Gasteiger partial charge is 0.497 e. The van der Waals surface area contributed by atoms with Crippen LogP contribution in [0, 0.1) is 6.92 Å². The average molecular weight is 272 g/mol. The second kappa shape index (κ2) is 5.12. The molecule has 2 heterocycles. The molecular weight excluding hydrogens is 260 g/mol. The SMILES string of the molecule is COc1ccc(-c2nnc(Cc3nc(C)no3)o2)cc1. The molecule has 0 unspecified atom stereocenters. The van der Waals surface area contributed by atoms with E-state index in [4.69, 9.17) is 13.7 Å². The Bertz CT molecular complexity index is 702. The van der Waals surface area contributed by atoms with Gasteiger partial charge in [0.2, 0.25) is 17.7 Å². The van der Waals surface area contributed by atoms with Gasteiger partial charge in [-0.1, -0.05) is 5.16 Å². The Hall–Kier alpha value is -2.70. The third-order valence-electron chi connectivity index (χ3n) is 2.68. The Morgan fingerprint density at radius 1 is 1.10 bits per heavy atom. The number of ether oxygens (including phenoxy) is 1. The lowest BCUT2D eigenvalue weighted by Crippen LogP contribution is -1.88. The van der Waals surface area contributed by atoms with Gasteiger partial charge in [0.1, 0.15) is 12.2 Å². The van der Waals surface area contributed by atoms with Crippen LogP contribution in [0.2, 0.25) is 0 Å². The van der Waals surface area contributed by atoms with Gasteiger partial charge in [0.05, 0.1) is 7.11 Å². The fourth-order valence-corrected chi connectivity index (χ4v) is 1.72. The lowest BCUT2D eigenvalue weighted by atomic mass is 10.2. The second-order valence-corrected chi connectivity index (χ2v) is 4.14. The van der Waals surface area contributed by atoms with Crippen molar-refractivity contribution in [2.75, 3.05) is 7.11 Å². The molecule has 0 N–H and O–H groups in total. The van der Waals surface area contributed by atoms with Crippen LogP contribution in [-0.2, 0) is 6.42 Å². The average Bonchev–Trinajstić information content (AvgIpc) is 3.09. The van der Waals surface area contributed by atoms with Crippen molar-refractivity contribution >= 4 is 0 Å². The maximum atomic E-state index is 5.57. The van der Waals surface area contributed by atoms with Crippen LogP contribution in [-0.4, -0.2) is 27.4 Å². The predicted molar refractivity (Wildman–Crippen MR) is 68.1 cm³/mol. The first-order chi connectivity index (χ1) is 9.74. The molecular formula is C13H12N4O3. The van der Waals surface area contributed by atoms with Crippen LogP contribution in [0.4, 0.5) is 0 Å². The highest BCUT2D eigenvalue weighted by Crippen LogP contribution is 2.21. The third-order valence-corrected chi connectivity index (χ3v) is 2.68. The van der Waals surface area contributed by atoms with Gasteiger partial charge in [-0.3, -0.25) is 0 Å². The summed E-state index contributed by atoms with van der Waals surface area (Å²) >= 11 is 0. The highest BCUT2D eigenvalue weighted by atomic mass is 16.5. The van der Waals surface area contributed by atoms with Gasteiger partial charge in [-0.25, -0.2) is 0 Å². The Labute approximate surface area is 114 Å². The molecule has 0 radical (unpaired) electrons. The Morgan fingerprint density at radius 3 is 2.55 bits per heavy atom. The summed E-state index contributed by atoms with van der Waals surface area (Å²) in [4.78, 5) is 4.09. The Balaban J connectivity index is 1.78. The molecule has 20 heavy (non-hydrogen) atoms. The highest BCUT2D eigenvalue weighted by molar-refractivity contribution is 5.53. The van der Waals surface area contributed by atoms with Crippen LogP contribution in [0.3, 0.4) is 0 Å². The van der Waals surface area contributed by atoms with Crippen LogP contribution in [0.25, 0.3) is 11.5 Å². The van der Waals surface area contributed by atoms with Gasteiger partial charge in [0.15, 0.2) is 5.82 Å². The highest BCUT2D eigenvalue weighted by Gasteiger charge is 2.12. The van der Waals surface area contributed by atoms with E-state index >= 15 is 0 Å². The van der Waals surface area contributed by atoms with Crippen molar-refractivity contribution in [2.45, 2.75) is 13.3 Å². The zero-order chi connectivity index (χ0) is 13.9. The van der Waals surface area contributed by atoms with Crippen molar-refractivity contribution in [1.82, 2.24) is 20.3 Å². The van der Waals surface area contributed by atoms with Crippen LogP contribution in [0.15, 0.2) is 33.2 Å². The van der Waals surface area contributed by atoms with E-state index in [-0.39, 0.29) is 0 Å². The van der Waals surface area contributed by atoms with Gasteiger partial charge in [-0.2, -0.15) is 4.98 Å². The zero-order valence-corrected chi connectivity index (χ0v) is 11.0. The summed E-state index contributed by atoms with van der Waals surface area (Å²) in [6.45, 7) is 1.75. The molecule has 0 aliphatic heterocycles. The van der Waals surface area contributed by atoms with E-state index in [2.05, 4.69) is 20.3 Å². The summed E-state index contributed by atoms with van der Waals surface area (Å²) in [5.74, 6) is 2.68. The fourth-order valence-electron chi connectivity index (χ4n) is 1.72. The van der Waals surface area contributed by atoms with Crippen molar-refractivity contribution < 1.29 is 13.7 Å². The van der Waals surface area contributed by atoms with E-state index in [1.807, 2.05) is 24.3 Å². The molecule has 0 atom stereocenters. The monoisotopic (exact) mass is 272 g/mol. The maximum Gasteiger partial charge on any atom is 0.247 e. The van der Waals surface area contributed by atoms with Crippen molar-refractivity contribution in [3.63, 3.8) is 0 Å². The molecule has 0 saturated heterocycles. The van der Waals surface area contributed by atoms with E-state index in [9.17, 15) is 0 Å². The lowest BCUT2D eigenvalue weighted by molar-refractivity contribution is 0.370. The van der Waals surface area contributed by atoms with Crippen molar-refractivity contribution in [3.8, 4) is 17.2 Å². The maximum absolute atomic E-state index is 5.57. The summed E-state index contributed by atoms with van der Waals surface area (Å²) in [5.41, 5.74) is 0.825. The van der Waals surface area contributed by atoms with Crippen LogP contribution >= 0.6 is 0 Å². The standard InChI is InChI=1S/C13H12N4O3/c1-8-14-11(20-17-8)7-12-15-16-13(19-12)9-3-5-10(18-2)6-4-9/h3-6H,7H2,1-2H3. The van der Waals surface area contributed by atoms with Crippen LogP contribution < -0.4 is 4.74 Å². The molecule has 3 aromatic rings. The smallest absolute Gasteiger partial charge is 0.247 e. The van der Waals surface area contributed by atoms with Crippen molar-refractivity contribution in [3.05, 3.63) is 41.9 Å². The number of hydrogen-bond acceptors (Lipinski definition) is 7. The van der Waals surface area contributed by atoms with Crippen molar-refractivity contribution in [2.24, 2.45) is 0 Å². The Kier molecular flexibility index (Phi) is 3.16. The number of aryl methyl sites for hydroxylation is 1. The van der Waals surface area contributed by atoms with Crippen molar-refractivity contribution in [1.29, 1.82) is 0 Å². The summed E-state index contributed by atoms with van der Waals surface area (Å²) < 4.78 is 15.7. The van der Waals surface area contributed by atoms with Crippen LogP contribution in [0.1, 0.15) is 17.6 Å². The molecule has 0 amide bonds. The molecule has 0 aliphatic carbocycles. The number of hydrogen-bond donors (Lipinski definition) is 0. The minimum absolute atomic E-state index is 0.323. The summed E-state index contributed by atoms with van der Waals surface area (Å²) in [7, 11) is 1.62. The molecule has 0 bridgehead atoms. The molecule has 102 valence electrons. The quantitative estimate of drug-likeness (QED) is 0.718. The fraction of sp³-hybridized carbons (Fsp3) is 0.231. The molecule has 3 rings (SSSR count). The molecule has 7 heteroatoms. The van der Waals surface area contributed by atoms with E-state index < -0.39 is 0 Å². The number of benzene rings is 1. The molecule has 0 fully saturated rings. The molecule has 1 aromatic carbocycles. The van der Waals surface area contributed by atoms with Gasteiger partial charge < -0.3 is 13.7 Å². The first-order valence-electron chi connectivity index (χ1n) is 6.00. The number of rotatable bonds is 4. The van der Waals surface area contributed by atoms with Gasteiger partial charge in [0.25, 0.3) is 0 Å². The normalized spacial score (nSPS) is 10.7. The minimum atomic E-state index is 0.323. The van der Waals surface area contributed by atoms with E-state index in [1.54, 1.807) is 14.0 Å². The third kappa shape index (κ3) is 2.51. The zero-order valence-electron chi connectivity index (χ0n) is 11.0. The van der Waals surface area contributed by atoms with Gasteiger partial charge in [0, 0.05) is 5.56 Å². The first kappa shape index (κ1) is 12.3. The molecule has 2 aromatic heterocycles. The number of aromatic nitrogens is 4. The molecule has 0 saturated carbocycles. The Morgan fingerprint density at radius 2 is 1.90 bits per heavy atom. The van der Waals surface area contributed by atoms with E-state index in [0.717, 1.165) is 11.3 Å². The molecule has 0 aliphatic rings. The summed E-state index contributed by atoms with van der Waals surface area (Å²) in [6, 6.07) is 7.38. The molecule has 0 spiro atoms. The topological polar surface area (TPSA) is 87.1 Å². The van der Waals surface area contributed by atoms with Gasteiger partial charge in [-0.05, 0) is 31.2 Å². The summed E-state index contributed by atoms with van der Waals surface area (Å²) in [5, 5.41) is 11.7. The minimum Gasteiger partial charge on any atom is -0.497 e. The number of nitrogens with zero attached hydrogens (tertiary/aromatic N) is 4. The second-order valence-electron chi connectivity index (χ2n) is 4.14. The lowest BCUT2D eigenvalue weighted by Gasteiger charge is -1.99. The molecule has 7 nitrogen and oxygen atoms in total. The summed E-state index contributed by atoms with van der Waals surface area (Å²) in [6.07, 6.45) is 0.323. The van der Waals surface area contributed by atoms with Crippen LogP contribution in [0.5, 0.6) is 5.75 Å². The first-order valence-corrected chi connectivity index (χ1v) is 6.00.